The highest BCUT2D eigenvalue weighted by Crippen LogP contribution is 2.07. The number of rotatable bonds is 7. The molecule has 0 aliphatic rings. The van der Waals surface area contributed by atoms with E-state index in [1.54, 1.807) is 0 Å². The van der Waals surface area contributed by atoms with Crippen molar-refractivity contribution in [3.8, 4) is 0 Å². The Morgan fingerprint density at radius 2 is 2.05 bits per heavy atom. The molecule has 0 radical (unpaired) electrons. The van der Waals surface area contributed by atoms with Gasteiger partial charge < -0.3 is 5.32 Å². The van der Waals surface area contributed by atoms with Gasteiger partial charge in [-0.05, 0) is 31.9 Å². The van der Waals surface area contributed by atoms with Gasteiger partial charge in [-0.2, -0.15) is 10.2 Å². The van der Waals surface area contributed by atoms with Crippen LogP contribution in [-0.2, 0) is 26.2 Å². The maximum Gasteiger partial charge on any atom is 0.0762 e. The largest absolute Gasteiger partial charge is 0.305 e. The Bertz CT molecular complexity index is 517. The molecular weight excluding hydrogens is 274 g/mol. The number of hydrogen-bond donors (Lipinski definition) is 1. The van der Waals surface area contributed by atoms with E-state index in [9.17, 15) is 0 Å². The van der Waals surface area contributed by atoms with Gasteiger partial charge in [-0.15, -0.1) is 12.4 Å². The number of aryl methyl sites for hydroxylation is 3. The Balaban J connectivity index is 0.00000200. The molecule has 6 heteroatoms. The SMILES string of the molecule is CCCn1ccc(CNCc2c(C)cnn2CC)n1.Cl. The van der Waals surface area contributed by atoms with Crippen LogP contribution in [0.4, 0.5) is 0 Å². The van der Waals surface area contributed by atoms with Crippen LogP contribution in [0.15, 0.2) is 18.5 Å². The topological polar surface area (TPSA) is 47.7 Å². The molecule has 20 heavy (non-hydrogen) atoms. The Labute approximate surface area is 126 Å². The monoisotopic (exact) mass is 297 g/mol. The highest BCUT2D eigenvalue weighted by Gasteiger charge is 2.06. The van der Waals surface area contributed by atoms with Gasteiger partial charge in [-0.25, -0.2) is 0 Å². The van der Waals surface area contributed by atoms with Gasteiger partial charge in [0.25, 0.3) is 0 Å². The molecule has 0 spiro atoms. The Morgan fingerprint density at radius 3 is 2.75 bits per heavy atom. The average Bonchev–Trinajstić information content (AvgIpc) is 2.98. The van der Waals surface area contributed by atoms with E-state index < -0.39 is 0 Å². The summed E-state index contributed by atoms with van der Waals surface area (Å²) in [6, 6.07) is 2.08. The summed E-state index contributed by atoms with van der Waals surface area (Å²) in [7, 11) is 0. The van der Waals surface area contributed by atoms with Gasteiger partial charge in [0.2, 0.25) is 0 Å². The minimum absolute atomic E-state index is 0. The molecule has 1 N–H and O–H groups in total. The molecule has 112 valence electrons. The van der Waals surface area contributed by atoms with E-state index in [0.29, 0.717) is 0 Å². The van der Waals surface area contributed by atoms with Gasteiger partial charge in [-0.3, -0.25) is 9.36 Å². The van der Waals surface area contributed by atoms with Crippen molar-refractivity contribution in [3.63, 3.8) is 0 Å². The molecule has 2 rings (SSSR count). The molecule has 2 aromatic heterocycles. The summed E-state index contributed by atoms with van der Waals surface area (Å²) < 4.78 is 4.04. The summed E-state index contributed by atoms with van der Waals surface area (Å²) in [6.45, 7) is 9.91. The van der Waals surface area contributed by atoms with Gasteiger partial charge in [0.15, 0.2) is 0 Å². The molecule has 5 nitrogen and oxygen atoms in total. The van der Waals surface area contributed by atoms with Crippen molar-refractivity contribution in [2.75, 3.05) is 0 Å². The predicted octanol–water partition coefficient (Wildman–Crippen LogP) is 2.53. The van der Waals surface area contributed by atoms with Crippen LogP contribution in [0.1, 0.15) is 37.2 Å². The van der Waals surface area contributed by atoms with Crippen molar-refractivity contribution in [3.05, 3.63) is 35.4 Å². The summed E-state index contributed by atoms with van der Waals surface area (Å²) in [6.07, 6.45) is 5.09. The van der Waals surface area contributed by atoms with Crippen molar-refractivity contribution in [1.82, 2.24) is 24.9 Å². The fourth-order valence-corrected chi connectivity index (χ4v) is 2.17. The molecule has 0 atom stereocenters. The fourth-order valence-electron chi connectivity index (χ4n) is 2.17. The van der Waals surface area contributed by atoms with E-state index >= 15 is 0 Å². The quantitative estimate of drug-likeness (QED) is 0.854. The summed E-state index contributed by atoms with van der Waals surface area (Å²) in [5, 5.41) is 12.3. The van der Waals surface area contributed by atoms with E-state index in [2.05, 4.69) is 42.4 Å². The first-order valence-electron chi connectivity index (χ1n) is 6.99. The van der Waals surface area contributed by atoms with Crippen LogP contribution in [0.25, 0.3) is 0 Å². The second-order valence-corrected chi connectivity index (χ2v) is 4.76. The standard InChI is InChI=1S/C14H23N5.ClH/c1-4-7-18-8-6-13(17-18)10-15-11-14-12(3)9-16-19(14)5-2;/h6,8-9,15H,4-5,7,10-11H2,1-3H3;1H. The summed E-state index contributed by atoms with van der Waals surface area (Å²) in [5.74, 6) is 0. The lowest BCUT2D eigenvalue weighted by atomic mass is 10.2. The van der Waals surface area contributed by atoms with Gasteiger partial charge in [0.1, 0.15) is 0 Å². The normalized spacial score (nSPS) is 10.6. The Morgan fingerprint density at radius 1 is 1.25 bits per heavy atom. The second kappa shape index (κ2) is 8.07. The van der Waals surface area contributed by atoms with E-state index in [1.165, 1.54) is 11.3 Å². The van der Waals surface area contributed by atoms with Gasteiger partial charge in [-0.1, -0.05) is 6.92 Å². The van der Waals surface area contributed by atoms with Crippen LogP contribution >= 0.6 is 12.4 Å². The number of hydrogen-bond acceptors (Lipinski definition) is 3. The van der Waals surface area contributed by atoms with Crippen molar-refractivity contribution < 1.29 is 0 Å². The molecule has 0 unspecified atom stereocenters. The molecule has 0 fully saturated rings. The van der Waals surface area contributed by atoms with Crippen molar-refractivity contribution in [2.24, 2.45) is 0 Å². The van der Waals surface area contributed by atoms with E-state index in [0.717, 1.165) is 38.3 Å². The molecule has 0 bridgehead atoms. The van der Waals surface area contributed by atoms with Crippen molar-refractivity contribution in [2.45, 2.75) is 53.4 Å². The zero-order valence-electron chi connectivity index (χ0n) is 12.5. The molecule has 2 heterocycles. The number of nitrogens with one attached hydrogen (secondary N) is 1. The first-order chi connectivity index (χ1) is 9.24. The minimum Gasteiger partial charge on any atom is -0.305 e. The third-order valence-electron chi connectivity index (χ3n) is 3.20. The highest BCUT2D eigenvalue weighted by molar-refractivity contribution is 5.85. The van der Waals surface area contributed by atoms with Crippen LogP contribution in [0.2, 0.25) is 0 Å². The van der Waals surface area contributed by atoms with E-state index in [1.807, 2.05) is 21.8 Å². The van der Waals surface area contributed by atoms with Crippen molar-refractivity contribution in [1.29, 1.82) is 0 Å². The lowest BCUT2D eigenvalue weighted by molar-refractivity contribution is 0.561. The van der Waals surface area contributed by atoms with Crippen LogP contribution in [0.3, 0.4) is 0 Å². The Kier molecular flexibility index (Phi) is 6.75. The molecular formula is C14H24ClN5. The summed E-state index contributed by atoms with van der Waals surface area (Å²) in [4.78, 5) is 0. The van der Waals surface area contributed by atoms with Gasteiger partial charge >= 0.3 is 0 Å². The first kappa shape index (κ1) is 16.7. The fraction of sp³-hybridized carbons (Fsp3) is 0.571. The Hall–Kier alpha value is -1.33. The molecule has 0 amide bonds. The number of halogens is 1. The minimum atomic E-state index is 0. The molecule has 0 saturated heterocycles. The predicted molar refractivity (Wildman–Crippen MR) is 82.9 cm³/mol. The molecule has 0 aliphatic carbocycles. The third kappa shape index (κ3) is 4.08. The lowest BCUT2D eigenvalue weighted by Crippen LogP contribution is -2.17. The van der Waals surface area contributed by atoms with Gasteiger partial charge in [0.05, 0.1) is 17.6 Å². The van der Waals surface area contributed by atoms with Crippen LogP contribution < -0.4 is 5.32 Å². The molecule has 0 aliphatic heterocycles. The van der Waals surface area contributed by atoms with Crippen LogP contribution in [-0.4, -0.2) is 19.6 Å². The van der Waals surface area contributed by atoms with Crippen LogP contribution in [0, 0.1) is 6.92 Å². The average molecular weight is 298 g/mol. The smallest absolute Gasteiger partial charge is 0.0762 e. The number of aromatic nitrogens is 4. The first-order valence-corrected chi connectivity index (χ1v) is 6.99. The van der Waals surface area contributed by atoms with Crippen LogP contribution in [0.5, 0.6) is 0 Å². The molecule has 0 aromatic carbocycles. The number of nitrogens with zero attached hydrogens (tertiary/aromatic N) is 4. The van der Waals surface area contributed by atoms with Crippen molar-refractivity contribution >= 4 is 12.4 Å². The third-order valence-corrected chi connectivity index (χ3v) is 3.20. The van der Waals surface area contributed by atoms with E-state index in [4.69, 9.17) is 0 Å². The zero-order valence-corrected chi connectivity index (χ0v) is 13.3. The van der Waals surface area contributed by atoms with E-state index in [-0.39, 0.29) is 12.4 Å². The maximum atomic E-state index is 4.52. The zero-order chi connectivity index (χ0) is 13.7. The highest BCUT2D eigenvalue weighted by atomic mass is 35.5. The maximum absolute atomic E-state index is 4.52. The molecule has 2 aromatic rings. The second-order valence-electron chi connectivity index (χ2n) is 4.76. The summed E-state index contributed by atoms with van der Waals surface area (Å²) in [5.41, 5.74) is 3.59. The lowest BCUT2D eigenvalue weighted by Gasteiger charge is -2.07. The van der Waals surface area contributed by atoms with Gasteiger partial charge in [0, 0.05) is 32.4 Å². The molecule has 0 saturated carbocycles. The summed E-state index contributed by atoms with van der Waals surface area (Å²) >= 11 is 0.